The SMILES string of the molecule is Cc1cc(C)c2c(c1)C=NC2=N. The van der Waals surface area contributed by atoms with Crippen molar-refractivity contribution < 1.29 is 0 Å². The molecule has 1 aliphatic rings. The lowest BCUT2D eigenvalue weighted by Crippen LogP contribution is -1.96. The fourth-order valence-electron chi connectivity index (χ4n) is 1.62. The molecule has 1 heterocycles. The van der Waals surface area contributed by atoms with Crippen molar-refractivity contribution in [3.8, 4) is 0 Å². The molecule has 12 heavy (non-hydrogen) atoms. The van der Waals surface area contributed by atoms with E-state index in [0.29, 0.717) is 5.84 Å². The van der Waals surface area contributed by atoms with Crippen LogP contribution in [0.25, 0.3) is 0 Å². The Balaban J connectivity index is 2.74. The average Bonchev–Trinajstić information content (AvgIpc) is 2.31. The quantitative estimate of drug-likeness (QED) is 0.600. The summed E-state index contributed by atoms with van der Waals surface area (Å²) in [6.07, 6.45) is 1.76. The largest absolute Gasteiger partial charge is 0.282 e. The number of rotatable bonds is 0. The predicted octanol–water partition coefficient (Wildman–Crippen LogP) is 2.06. The van der Waals surface area contributed by atoms with Crippen LogP contribution in [0.1, 0.15) is 22.3 Å². The van der Waals surface area contributed by atoms with Gasteiger partial charge in [-0.3, -0.25) is 5.41 Å². The van der Waals surface area contributed by atoms with Crippen LogP contribution in [0, 0.1) is 19.3 Å². The summed E-state index contributed by atoms with van der Waals surface area (Å²) in [5.41, 5.74) is 4.44. The van der Waals surface area contributed by atoms with Gasteiger partial charge < -0.3 is 0 Å². The molecule has 1 N–H and O–H groups in total. The number of nitrogens with zero attached hydrogens (tertiary/aromatic N) is 1. The third kappa shape index (κ3) is 0.881. The van der Waals surface area contributed by atoms with E-state index in [1.165, 1.54) is 5.56 Å². The lowest BCUT2D eigenvalue weighted by Gasteiger charge is -2.03. The summed E-state index contributed by atoms with van der Waals surface area (Å²) in [5.74, 6) is 0.391. The van der Waals surface area contributed by atoms with Gasteiger partial charge in [-0.1, -0.05) is 11.6 Å². The van der Waals surface area contributed by atoms with Crippen LogP contribution in [0.3, 0.4) is 0 Å². The molecule has 0 aliphatic carbocycles. The third-order valence-electron chi connectivity index (χ3n) is 2.08. The normalized spacial score (nSPS) is 13.7. The summed E-state index contributed by atoms with van der Waals surface area (Å²) in [5, 5.41) is 7.54. The highest BCUT2D eigenvalue weighted by Gasteiger charge is 2.14. The number of aliphatic imine (C=N–C) groups is 1. The highest BCUT2D eigenvalue weighted by Crippen LogP contribution is 2.20. The zero-order valence-electron chi connectivity index (χ0n) is 7.18. The predicted molar refractivity (Wildman–Crippen MR) is 50.3 cm³/mol. The molecule has 1 aromatic carbocycles. The van der Waals surface area contributed by atoms with E-state index >= 15 is 0 Å². The van der Waals surface area contributed by atoms with Crippen LogP contribution in [0.15, 0.2) is 17.1 Å². The zero-order chi connectivity index (χ0) is 8.72. The van der Waals surface area contributed by atoms with Crippen LogP contribution in [0.4, 0.5) is 0 Å². The number of benzene rings is 1. The van der Waals surface area contributed by atoms with Crippen LogP contribution in [-0.2, 0) is 0 Å². The second-order valence-corrected chi connectivity index (χ2v) is 3.15. The maximum absolute atomic E-state index is 7.54. The Morgan fingerprint density at radius 1 is 1.25 bits per heavy atom. The van der Waals surface area contributed by atoms with Gasteiger partial charge in [0.05, 0.1) is 0 Å². The summed E-state index contributed by atoms with van der Waals surface area (Å²) in [6, 6.07) is 4.15. The van der Waals surface area contributed by atoms with Gasteiger partial charge in [0.1, 0.15) is 0 Å². The standard InChI is InChI=1S/C10H10N2/c1-6-3-7(2)9-8(4-6)5-12-10(9)11/h3-5,11H,1-2H3. The van der Waals surface area contributed by atoms with Crippen molar-refractivity contribution >= 4 is 12.1 Å². The molecule has 60 valence electrons. The van der Waals surface area contributed by atoms with Gasteiger partial charge >= 0.3 is 0 Å². The van der Waals surface area contributed by atoms with E-state index < -0.39 is 0 Å². The summed E-state index contributed by atoms with van der Waals surface area (Å²) in [6.45, 7) is 4.08. The highest BCUT2D eigenvalue weighted by molar-refractivity contribution is 6.15. The van der Waals surface area contributed by atoms with Crippen LogP contribution >= 0.6 is 0 Å². The Morgan fingerprint density at radius 3 is 2.75 bits per heavy atom. The van der Waals surface area contributed by atoms with E-state index in [1.807, 2.05) is 6.92 Å². The maximum atomic E-state index is 7.54. The minimum atomic E-state index is 0.391. The number of amidine groups is 1. The van der Waals surface area contributed by atoms with Gasteiger partial charge in [-0.25, -0.2) is 4.99 Å². The number of aryl methyl sites for hydroxylation is 2. The maximum Gasteiger partial charge on any atom is 0.152 e. The van der Waals surface area contributed by atoms with Crippen molar-refractivity contribution in [2.75, 3.05) is 0 Å². The van der Waals surface area contributed by atoms with E-state index in [-0.39, 0.29) is 0 Å². The van der Waals surface area contributed by atoms with E-state index in [9.17, 15) is 0 Å². The molecule has 2 rings (SSSR count). The van der Waals surface area contributed by atoms with Crippen molar-refractivity contribution in [1.29, 1.82) is 5.41 Å². The molecular formula is C10H10N2. The molecule has 0 unspecified atom stereocenters. The second-order valence-electron chi connectivity index (χ2n) is 3.15. The first kappa shape index (κ1) is 7.22. The molecule has 1 aromatic rings. The Kier molecular flexibility index (Phi) is 1.37. The molecule has 0 spiro atoms. The topological polar surface area (TPSA) is 36.2 Å². The molecule has 0 fully saturated rings. The number of hydrogen-bond acceptors (Lipinski definition) is 1. The van der Waals surface area contributed by atoms with Crippen LogP contribution in [-0.4, -0.2) is 12.1 Å². The molecule has 0 saturated heterocycles. The van der Waals surface area contributed by atoms with Gasteiger partial charge in [-0.15, -0.1) is 0 Å². The summed E-state index contributed by atoms with van der Waals surface area (Å²) in [7, 11) is 0. The molecule has 2 nitrogen and oxygen atoms in total. The minimum absolute atomic E-state index is 0.391. The molecule has 2 heteroatoms. The lowest BCUT2D eigenvalue weighted by molar-refractivity contribution is 1.34. The van der Waals surface area contributed by atoms with Gasteiger partial charge in [0.15, 0.2) is 5.84 Å². The van der Waals surface area contributed by atoms with Crippen LogP contribution in [0.2, 0.25) is 0 Å². The summed E-state index contributed by atoms with van der Waals surface area (Å²) < 4.78 is 0. The Morgan fingerprint density at radius 2 is 2.00 bits per heavy atom. The smallest absolute Gasteiger partial charge is 0.152 e. The molecule has 0 radical (unpaired) electrons. The van der Waals surface area contributed by atoms with Gasteiger partial charge in [0.2, 0.25) is 0 Å². The van der Waals surface area contributed by atoms with Crippen LogP contribution < -0.4 is 0 Å². The van der Waals surface area contributed by atoms with Gasteiger partial charge in [-0.05, 0) is 25.5 Å². The molecule has 0 saturated carbocycles. The minimum Gasteiger partial charge on any atom is -0.282 e. The Labute approximate surface area is 71.5 Å². The Bertz CT molecular complexity index is 389. The first-order chi connectivity index (χ1) is 5.68. The van der Waals surface area contributed by atoms with Crippen LogP contribution in [0.5, 0.6) is 0 Å². The van der Waals surface area contributed by atoms with E-state index in [4.69, 9.17) is 5.41 Å². The Hall–Kier alpha value is -1.44. The summed E-state index contributed by atoms with van der Waals surface area (Å²) >= 11 is 0. The van der Waals surface area contributed by atoms with Gasteiger partial charge in [0, 0.05) is 17.3 Å². The number of hydrogen-bond donors (Lipinski definition) is 1. The lowest BCUT2D eigenvalue weighted by atomic mass is 10.0. The van der Waals surface area contributed by atoms with Gasteiger partial charge in [0.25, 0.3) is 0 Å². The van der Waals surface area contributed by atoms with E-state index in [0.717, 1.165) is 16.7 Å². The van der Waals surface area contributed by atoms with Crippen molar-refractivity contribution in [2.45, 2.75) is 13.8 Å². The highest BCUT2D eigenvalue weighted by atomic mass is 14.8. The first-order valence-corrected chi connectivity index (χ1v) is 3.93. The first-order valence-electron chi connectivity index (χ1n) is 3.93. The molecule has 0 aromatic heterocycles. The molecule has 1 aliphatic heterocycles. The van der Waals surface area contributed by atoms with Crippen molar-refractivity contribution in [3.63, 3.8) is 0 Å². The van der Waals surface area contributed by atoms with E-state index in [2.05, 4.69) is 24.0 Å². The van der Waals surface area contributed by atoms with Crippen molar-refractivity contribution in [1.82, 2.24) is 0 Å². The fourth-order valence-corrected chi connectivity index (χ4v) is 1.62. The van der Waals surface area contributed by atoms with Crippen molar-refractivity contribution in [3.05, 3.63) is 34.4 Å². The number of fused-ring (bicyclic) bond motifs is 1. The zero-order valence-corrected chi connectivity index (χ0v) is 7.18. The third-order valence-corrected chi connectivity index (χ3v) is 2.08. The monoisotopic (exact) mass is 158 g/mol. The second kappa shape index (κ2) is 2.27. The van der Waals surface area contributed by atoms with Crippen molar-refractivity contribution in [2.24, 2.45) is 4.99 Å². The van der Waals surface area contributed by atoms with Gasteiger partial charge in [-0.2, -0.15) is 0 Å². The molecule has 0 atom stereocenters. The number of nitrogens with one attached hydrogen (secondary N) is 1. The molecule has 0 bridgehead atoms. The molecular weight excluding hydrogens is 148 g/mol. The average molecular weight is 158 g/mol. The van der Waals surface area contributed by atoms with E-state index in [1.54, 1.807) is 6.21 Å². The fraction of sp³-hybridized carbons (Fsp3) is 0.200. The molecule has 0 amide bonds. The summed E-state index contributed by atoms with van der Waals surface area (Å²) in [4.78, 5) is 3.96.